The van der Waals surface area contributed by atoms with Crippen molar-refractivity contribution in [3.05, 3.63) is 35.9 Å². The van der Waals surface area contributed by atoms with Crippen molar-refractivity contribution in [1.82, 2.24) is 0 Å². The molecular weight excluding hydrogens is 200 g/mol. The van der Waals surface area contributed by atoms with Gasteiger partial charge in [0.1, 0.15) is 0 Å². The molecule has 0 saturated heterocycles. The van der Waals surface area contributed by atoms with E-state index in [1.165, 1.54) is 5.56 Å². The van der Waals surface area contributed by atoms with E-state index in [-0.39, 0.29) is 11.8 Å². The minimum atomic E-state index is -0.639. The van der Waals surface area contributed by atoms with Gasteiger partial charge in [-0.05, 0) is 23.8 Å². The first kappa shape index (κ1) is 11.2. The van der Waals surface area contributed by atoms with Crippen molar-refractivity contribution in [2.75, 3.05) is 0 Å². The summed E-state index contributed by atoms with van der Waals surface area (Å²) in [5.74, 6) is 0.339. The van der Waals surface area contributed by atoms with E-state index >= 15 is 0 Å². The summed E-state index contributed by atoms with van der Waals surface area (Å²) in [6.45, 7) is 4.30. The second-order valence-corrected chi connectivity index (χ2v) is 5.09. The fraction of sp³-hybridized carbons (Fsp3) is 0.500. The lowest BCUT2D eigenvalue weighted by Crippen LogP contribution is -2.01. The molecule has 1 aliphatic carbocycles. The Morgan fingerprint density at radius 3 is 2.44 bits per heavy atom. The van der Waals surface area contributed by atoms with Crippen molar-refractivity contribution in [3.8, 4) is 0 Å². The van der Waals surface area contributed by atoms with Crippen LogP contribution in [0.1, 0.15) is 31.7 Å². The van der Waals surface area contributed by atoms with E-state index in [1.54, 1.807) is 0 Å². The van der Waals surface area contributed by atoms with Gasteiger partial charge in [-0.25, -0.2) is 0 Å². The Balaban J connectivity index is 2.13. The van der Waals surface area contributed by atoms with Crippen LogP contribution in [-0.4, -0.2) is 11.1 Å². The second kappa shape index (κ2) is 4.28. The summed E-state index contributed by atoms with van der Waals surface area (Å²) in [5, 5.41) is 9.17. The normalized spacial score (nSPS) is 28.1. The van der Waals surface area contributed by atoms with Crippen LogP contribution in [0.4, 0.5) is 0 Å². The summed E-state index contributed by atoms with van der Waals surface area (Å²) in [6, 6.07) is 10.0. The minimum Gasteiger partial charge on any atom is -0.481 e. The Bertz CT molecular complexity index is 370. The highest BCUT2D eigenvalue weighted by Gasteiger charge is 2.55. The van der Waals surface area contributed by atoms with Crippen LogP contribution >= 0.6 is 0 Å². The molecular formula is C14H18O2. The van der Waals surface area contributed by atoms with Crippen molar-refractivity contribution < 1.29 is 9.90 Å². The van der Waals surface area contributed by atoms with Gasteiger partial charge < -0.3 is 5.11 Å². The first-order valence-corrected chi connectivity index (χ1v) is 5.89. The number of carbonyl (C=O) groups is 1. The van der Waals surface area contributed by atoms with Gasteiger partial charge in [-0.3, -0.25) is 4.79 Å². The largest absolute Gasteiger partial charge is 0.481 e. The van der Waals surface area contributed by atoms with Gasteiger partial charge in [0.25, 0.3) is 0 Å². The second-order valence-electron chi connectivity index (χ2n) is 5.09. The Morgan fingerprint density at radius 2 is 1.94 bits per heavy atom. The molecule has 0 aromatic heterocycles. The lowest BCUT2D eigenvalue weighted by atomic mass is 10.0. The third-order valence-electron chi connectivity index (χ3n) is 3.38. The summed E-state index contributed by atoms with van der Waals surface area (Å²) in [7, 11) is 0. The van der Waals surface area contributed by atoms with Crippen LogP contribution < -0.4 is 0 Å². The maximum absolute atomic E-state index is 11.1. The van der Waals surface area contributed by atoms with Gasteiger partial charge in [-0.1, -0.05) is 44.2 Å². The number of benzene rings is 1. The maximum atomic E-state index is 11.1. The molecule has 0 amide bonds. The summed E-state index contributed by atoms with van der Waals surface area (Å²) in [4.78, 5) is 11.1. The van der Waals surface area contributed by atoms with Gasteiger partial charge in [-0.15, -0.1) is 0 Å². The predicted octanol–water partition coefficient (Wildman–Crippen LogP) is 3.15. The average Bonchev–Trinajstić information content (AvgIpc) is 2.92. The molecule has 0 aliphatic heterocycles. The molecule has 1 saturated carbocycles. The third-order valence-corrected chi connectivity index (χ3v) is 3.38. The van der Waals surface area contributed by atoms with Crippen LogP contribution in [0.25, 0.3) is 0 Å². The summed E-state index contributed by atoms with van der Waals surface area (Å²) < 4.78 is 0. The molecule has 16 heavy (non-hydrogen) atoms. The zero-order valence-electron chi connectivity index (χ0n) is 9.76. The fourth-order valence-corrected chi connectivity index (χ4v) is 2.68. The molecule has 1 aliphatic rings. The molecule has 0 heterocycles. The molecule has 0 spiro atoms. The first-order chi connectivity index (χ1) is 7.61. The smallest absolute Gasteiger partial charge is 0.307 e. The van der Waals surface area contributed by atoms with Crippen LogP contribution in [0.2, 0.25) is 0 Å². The van der Waals surface area contributed by atoms with Crippen molar-refractivity contribution in [3.63, 3.8) is 0 Å². The van der Waals surface area contributed by atoms with Gasteiger partial charge in [0, 0.05) is 5.92 Å². The summed E-state index contributed by atoms with van der Waals surface area (Å²) in [5.41, 5.74) is 1.18. The van der Waals surface area contributed by atoms with Gasteiger partial charge >= 0.3 is 5.97 Å². The number of carboxylic acids is 1. The summed E-state index contributed by atoms with van der Waals surface area (Å²) >= 11 is 0. The highest BCUT2D eigenvalue weighted by molar-refractivity contribution is 5.76. The van der Waals surface area contributed by atoms with Crippen LogP contribution in [-0.2, 0) is 4.79 Å². The van der Waals surface area contributed by atoms with Crippen LogP contribution in [0.5, 0.6) is 0 Å². The number of aliphatic carboxylic acids is 1. The van der Waals surface area contributed by atoms with Crippen LogP contribution in [0.3, 0.4) is 0 Å². The number of hydrogen-bond acceptors (Lipinski definition) is 1. The minimum absolute atomic E-state index is 0.162. The first-order valence-electron chi connectivity index (χ1n) is 5.89. The Kier molecular flexibility index (Phi) is 2.99. The Labute approximate surface area is 96.3 Å². The number of rotatable bonds is 4. The molecule has 1 aromatic rings. The maximum Gasteiger partial charge on any atom is 0.307 e. The zero-order chi connectivity index (χ0) is 11.7. The molecule has 1 N–H and O–H groups in total. The SMILES string of the molecule is CC(C)CC1C(C(=O)O)C1c1ccccc1. The molecule has 1 aromatic carbocycles. The third kappa shape index (κ3) is 2.11. The highest BCUT2D eigenvalue weighted by Crippen LogP contribution is 2.56. The van der Waals surface area contributed by atoms with Gasteiger partial charge in [0.05, 0.1) is 5.92 Å². The van der Waals surface area contributed by atoms with Gasteiger partial charge in [-0.2, -0.15) is 0 Å². The number of carboxylic acid groups (broad SMARTS) is 1. The Morgan fingerprint density at radius 1 is 1.31 bits per heavy atom. The van der Waals surface area contributed by atoms with E-state index in [4.69, 9.17) is 5.11 Å². The van der Waals surface area contributed by atoms with E-state index < -0.39 is 5.97 Å². The van der Waals surface area contributed by atoms with Crippen LogP contribution in [0, 0.1) is 17.8 Å². The van der Waals surface area contributed by atoms with Gasteiger partial charge in [0.2, 0.25) is 0 Å². The topological polar surface area (TPSA) is 37.3 Å². The van der Waals surface area contributed by atoms with Crippen LogP contribution in [0.15, 0.2) is 30.3 Å². The highest BCUT2D eigenvalue weighted by atomic mass is 16.4. The number of hydrogen-bond donors (Lipinski definition) is 1. The van der Waals surface area contributed by atoms with E-state index in [9.17, 15) is 4.79 Å². The molecule has 86 valence electrons. The molecule has 3 unspecified atom stereocenters. The standard InChI is InChI=1S/C14H18O2/c1-9(2)8-11-12(13(11)14(15)16)10-6-4-3-5-7-10/h3-7,9,11-13H,8H2,1-2H3,(H,15,16). The molecule has 0 bridgehead atoms. The lowest BCUT2D eigenvalue weighted by Gasteiger charge is -2.02. The van der Waals surface area contributed by atoms with E-state index in [0.717, 1.165) is 6.42 Å². The fourth-order valence-electron chi connectivity index (χ4n) is 2.68. The van der Waals surface area contributed by atoms with Crippen molar-refractivity contribution in [2.45, 2.75) is 26.2 Å². The Hall–Kier alpha value is -1.31. The predicted molar refractivity (Wildman–Crippen MR) is 63.3 cm³/mol. The zero-order valence-corrected chi connectivity index (χ0v) is 9.76. The van der Waals surface area contributed by atoms with Crippen molar-refractivity contribution >= 4 is 5.97 Å². The van der Waals surface area contributed by atoms with E-state index in [0.29, 0.717) is 11.8 Å². The molecule has 3 atom stereocenters. The monoisotopic (exact) mass is 218 g/mol. The molecule has 2 nitrogen and oxygen atoms in total. The quantitative estimate of drug-likeness (QED) is 0.843. The molecule has 2 heteroatoms. The molecule has 1 fully saturated rings. The van der Waals surface area contributed by atoms with Gasteiger partial charge in [0.15, 0.2) is 0 Å². The average molecular weight is 218 g/mol. The molecule has 2 rings (SSSR count). The molecule has 0 radical (unpaired) electrons. The van der Waals surface area contributed by atoms with Crippen molar-refractivity contribution in [2.24, 2.45) is 17.8 Å². The van der Waals surface area contributed by atoms with E-state index in [1.807, 2.05) is 30.3 Å². The lowest BCUT2D eigenvalue weighted by molar-refractivity contribution is -0.139. The van der Waals surface area contributed by atoms with E-state index in [2.05, 4.69) is 13.8 Å². The van der Waals surface area contributed by atoms with Crippen molar-refractivity contribution in [1.29, 1.82) is 0 Å². The summed E-state index contributed by atoms with van der Waals surface area (Å²) in [6.07, 6.45) is 1.01.